The highest BCUT2D eigenvalue weighted by Gasteiger charge is 2.14. The molecule has 100 valence electrons. The van der Waals surface area contributed by atoms with Crippen molar-refractivity contribution in [2.24, 2.45) is 10.9 Å². The zero-order chi connectivity index (χ0) is 13.8. The van der Waals surface area contributed by atoms with Crippen molar-refractivity contribution in [3.05, 3.63) is 17.8 Å². The number of nitrogens with zero attached hydrogens (tertiary/aromatic N) is 4. The molecule has 3 N–H and O–H groups in total. The van der Waals surface area contributed by atoms with Gasteiger partial charge in [0.15, 0.2) is 11.7 Å². The number of amidine groups is 1. The molecule has 9 heteroatoms. The average molecular weight is 273 g/mol. The monoisotopic (exact) mass is 273 g/mol. The zero-order valence-electron chi connectivity index (χ0n) is 10.1. The largest absolute Gasteiger partial charge is 0.409 e. The van der Waals surface area contributed by atoms with Crippen molar-refractivity contribution in [3.63, 3.8) is 0 Å². The zero-order valence-corrected chi connectivity index (χ0v) is 10.9. The molecule has 0 aliphatic rings. The molecule has 1 rings (SSSR count). The minimum absolute atomic E-state index is 0.0182. The fraction of sp³-hybridized carbons (Fsp3) is 0.444. The van der Waals surface area contributed by atoms with E-state index >= 15 is 0 Å². The van der Waals surface area contributed by atoms with E-state index in [0.717, 1.165) is 6.26 Å². The third-order valence-electron chi connectivity index (χ3n) is 2.24. The van der Waals surface area contributed by atoms with Crippen molar-refractivity contribution in [3.8, 4) is 0 Å². The summed E-state index contributed by atoms with van der Waals surface area (Å²) in [6.07, 6.45) is 2.56. The van der Waals surface area contributed by atoms with Crippen molar-refractivity contribution in [1.29, 1.82) is 0 Å². The fourth-order valence-electron chi connectivity index (χ4n) is 1.27. The van der Waals surface area contributed by atoms with Crippen LogP contribution in [0.5, 0.6) is 0 Å². The van der Waals surface area contributed by atoms with Crippen LogP contribution in [0.3, 0.4) is 0 Å². The Balaban J connectivity index is 2.95. The Kier molecular flexibility index (Phi) is 4.43. The average Bonchev–Trinajstić information content (AvgIpc) is 2.34. The number of hydrogen-bond acceptors (Lipinski definition) is 7. The molecule has 1 aromatic rings. The SMILES string of the molecule is CN(CCS(C)(=O)=O)c1nnccc1/C(N)=N/O. The highest BCUT2D eigenvalue weighted by atomic mass is 32.2. The second-order valence-electron chi connectivity index (χ2n) is 3.81. The molecule has 0 radical (unpaired) electrons. The predicted octanol–water partition coefficient (Wildman–Crippen LogP) is -0.948. The number of aromatic nitrogens is 2. The van der Waals surface area contributed by atoms with Gasteiger partial charge >= 0.3 is 0 Å². The van der Waals surface area contributed by atoms with Gasteiger partial charge < -0.3 is 15.8 Å². The van der Waals surface area contributed by atoms with Crippen LogP contribution < -0.4 is 10.6 Å². The smallest absolute Gasteiger partial charge is 0.173 e. The van der Waals surface area contributed by atoms with Gasteiger partial charge in [-0.3, -0.25) is 0 Å². The van der Waals surface area contributed by atoms with Crippen LogP contribution in [-0.4, -0.2) is 55.3 Å². The first kappa shape index (κ1) is 14.2. The van der Waals surface area contributed by atoms with Crippen LogP contribution >= 0.6 is 0 Å². The van der Waals surface area contributed by atoms with Crippen LogP contribution in [0.25, 0.3) is 0 Å². The number of nitrogens with two attached hydrogens (primary N) is 1. The molecule has 0 spiro atoms. The van der Waals surface area contributed by atoms with Crippen LogP contribution in [0.4, 0.5) is 5.82 Å². The van der Waals surface area contributed by atoms with Gasteiger partial charge in [0.25, 0.3) is 0 Å². The van der Waals surface area contributed by atoms with Gasteiger partial charge in [0, 0.05) is 19.8 Å². The summed E-state index contributed by atoms with van der Waals surface area (Å²) >= 11 is 0. The molecule has 18 heavy (non-hydrogen) atoms. The van der Waals surface area contributed by atoms with Crippen molar-refractivity contribution in [2.75, 3.05) is 30.5 Å². The first-order valence-electron chi connectivity index (χ1n) is 5.03. The summed E-state index contributed by atoms with van der Waals surface area (Å²) in [4.78, 5) is 1.58. The fourth-order valence-corrected chi connectivity index (χ4v) is 1.87. The Bertz CT molecular complexity index is 543. The summed E-state index contributed by atoms with van der Waals surface area (Å²) in [5.74, 6) is 0.234. The standard InChI is InChI=1S/C9H15N5O3S/c1-14(5-6-18(2,16)17)9-7(8(10)13-15)3-4-11-12-9/h3-4,15H,5-6H2,1-2H3,(H2,10,13). The number of rotatable bonds is 5. The van der Waals surface area contributed by atoms with Gasteiger partial charge in [-0.05, 0) is 6.07 Å². The quantitative estimate of drug-likeness (QED) is 0.307. The van der Waals surface area contributed by atoms with E-state index in [9.17, 15) is 8.42 Å². The van der Waals surface area contributed by atoms with E-state index in [4.69, 9.17) is 10.9 Å². The summed E-state index contributed by atoms with van der Waals surface area (Å²) in [6.45, 7) is 0.239. The molecule has 0 aromatic carbocycles. The molecule has 0 unspecified atom stereocenters. The van der Waals surface area contributed by atoms with Crippen LogP contribution in [0, 0.1) is 0 Å². The Labute approximate surface area is 105 Å². The summed E-state index contributed by atoms with van der Waals surface area (Å²) < 4.78 is 22.2. The molecule has 0 saturated carbocycles. The van der Waals surface area contributed by atoms with Gasteiger partial charge in [0.05, 0.1) is 17.5 Å². The van der Waals surface area contributed by atoms with Crippen LogP contribution in [0.2, 0.25) is 0 Å². The summed E-state index contributed by atoms with van der Waals surface area (Å²) in [6, 6.07) is 1.54. The molecule has 0 saturated heterocycles. The van der Waals surface area contributed by atoms with E-state index in [1.54, 1.807) is 11.9 Å². The Hall–Kier alpha value is -1.90. The summed E-state index contributed by atoms with van der Waals surface area (Å²) in [5.41, 5.74) is 5.89. The van der Waals surface area contributed by atoms with E-state index in [1.165, 1.54) is 12.3 Å². The molecule has 8 nitrogen and oxygen atoms in total. The summed E-state index contributed by atoms with van der Waals surface area (Å²) in [7, 11) is -1.41. The van der Waals surface area contributed by atoms with Crippen molar-refractivity contribution in [1.82, 2.24) is 10.2 Å². The predicted molar refractivity (Wildman–Crippen MR) is 67.5 cm³/mol. The normalized spacial score (nSPS) is 12.4. The molecule has 0 aliphatic carbocycles. The highest BCUT2D eigenvalue weighted by Crippen LogP contribution is 2.14. The maximum Gasteiger partial charge on any atom is 0.173 e. The van der Waals surface area contributed by atoms with Crippen LogP contribution in [-0.2, 0) is 9.84 Å². The first-order chi connectivity index (χ1) is 8.35. The molecule has 1 heterocycles. The number of sulfone groups is 1. The molecule has 0 amide bonds. The van der Waals surface area contributed by atoms with Gasteiger partial charge in [0.1, 0.15) is 9.84 Å². The molecule has 0 aliphatic heterocycles. The number of oxime groups is 1. The van der Waals surface area contributed by atoms with Crippen molar-refractivity contribution < 1.29 is 13.6 Å². The van der Waals surface area contributed by atoms with E-state index in [1.807, 2.05) is 0 Å². The third kappa shape index (κ3) is 3.84. The van der Waals surface area contributed by atoms with E-state index < -0.39 is 9.84 Å². The van der Waals surface area contributed by atoms with Gasteiger partial charge in [-0.25, -0.2) is 8.42 Å². The van der Waals surface area contributed by atoms with E-state index in [0.29, 0.717) is 11.4 Å². The van der Waals surface area contributed by atoms with Crippen molar-refractivity contribution in [2.45, 2.75) is 0 Å². The first-order valence-corrected chi connectivity index (χ1v) is 7.09. The highest BCUT2D eigenvalue weighted by molar-refractivity contribution is 7.90. The lowest BCUT2D eigenvalue weighted by atomic mass is 10.2. The topological polar surface area (TPSA) is 122 Å². The Morgan fingerprint density at radius 1 is 1.61 bits per heavy atom. The number of anilines is 1. The number of hydrogen-bond donors (Lipinski definition) is 2. The van der Waals surface area contributed by atoms with Crippen LogP contribution in [0.1, 0.15) is 5.56 Å². The van der Waals surface area contributed by atoms with Crippen molar-refractivity contribution >= 4 is 21.5 Å². The molecule has 0 fully saturated rings. The van der Waals surface area contributed by atoms with Gasteiger partial charge in [-0.2, -0.15) is 5.10 Å². The molecule has 0 atom stereocenters. The van der Waals surface area contributed by atoms with Gasteiger partial charge in [-0.15, -0.1) is 5.10 Å². The maximum atomic E-state index is 11.1. The minimum atomic E-state index is -3.07. The van der Waals surface area contributed by atoms with E-state index in [-0.39, 0.29) is 18.1 Å². The van der Waals surface area contributed by atoms with E-state index in [2.05, 4.69) is 15.4 Å². The summed E-state index contributed by atoms with van der Waals surface area (Å²) in [5, 5.41) is 19.1. The minimum Gasteiger partial charge on any atom is -0.409 e. The molecular weight excluding hydrogens is 258 g/mol. The van der Waals surface area contributed by atoms with Gasteiger partial charge in [0.2, 0.25) is 0 Å². The molecule has 1 aromatic heterocycles. The second-order valence-corrected chi connectivity index (χ2v) is 6.06. The lowest BCUT2D eigenvalue weighted by Crippen LogP contribution is -2.29. The second kappa shape index (κ2) is 5.63. The third-order valence-corrected chi connectivity index (χ3v) is 3.17. The molecular formula is C9H15N5O3S. The Morgan fingerprint density at radius 2 is 2.28 bits per heavy atom. The maximum absolute atomic E-state index is 11.1. The Morgan fingerprint density at radius 3 is 2.83 bits per heavy atom. The van der Waals surface area contributed by atoms with Crippen LogP contribution in [0.15, 0.2) is 17.4 Å². The molecule has 0 bridgehead atoms. The lowest BCUT2D eigenvalue weighted by molar-refractivity contribution is 0.318. The lowest BCUT2D eigenvalue weighted by Gasteiger charge is -2.19. The van der Waals surface area contributed by atoms with Gasteiger partial charge in [-0.1, -0.05) is 5.16 Å².